The van der Waals surface area contributed by atoms with Crippen molar-refractivity contribution in [2.75, 3.05) is 0 Å². The molecule has 62 valence electrons. The van der Waals surface area contributed by atoms with Crippen LogP contribution < -0.4 is 0 Å². The quantitative estimate of drug-likeness (QED) is 0.678. The molecule has 0 aromatic carbocycles. The second-order valence-corrected chi connectivity index (χ2v) is 3.97. The highest BCUT2D eigenvalue weighted by Crippen LogP contribution is 2.30. The lowest BCUT2D eigenvalue weighted by atomic mass is 10.1. The fraction of sp³-hybridized carbons (Fsp3) is 0.333. The number of fused-ring (bicyclic) bond motifs is 1. The highest BCUT2D eigenvalue weighted by molar-refractivity contribution is 9.10. The summed E-state index contributed by atoms with van der Waals surface area (Å²) in [7, 11) is 0. The van der Waals surface area contributed by atoms with E-state index in [0.29, 0.717) is 0 Å². The molecule has 0 spiro atoms. The first-order valence-corrected chi connectivity index (χ1v) is 4.66. The minimum absolute atomic E-state index is 0.125. The zero-order valence-corrected chi connectivity index (χ0v) is 8.26. The van der Waals surface area contributed by atoms with Crippen LogP contribution in [0.25, 0.3) is 0 Å². The van der Waals surface area contributed by atoms with Crippen molar-refractivity contribution >= 4 is 21.7 Å². The molecule has 1 aromatic rings. The molecular weight excluding hydrogens is 218 g/mol. The first kappa shape index (κ1) is 7.92. The van der Waals surface area contributed by atoms with Gasteiger partial charge in [0.25, 0.3) is 0 Å². The molecule has 3 heteroatoms. The molecule has 0 saturated carbocycles. The van der Waals surface area contributed by atoms with Gasteiger partial charge in [-0.3, -0.25) is 9.78 Å². The Morgan fingerprint density at radius 2 is 2.33 bits per heavy atom. The van der Waals surface area contributed by atoms with Crippen LogP contribution in [0.5, 0.6) is 0 Å². The third-order valence-corrected chi connectivity index (χ3v) is 2.91. The molecule has 0 bridgehead atoms. The Balaban J connectivity index is 2.61. The van der Waals surface area contributed by atoms with Crippen molar-refractivity contribution in [1.29, 1.82) is 0 Å². The standard InChI is InChI=1S/C9H8BrNO/c1-5-2-6-7(9(5)12)3-11-4-8(6)10/h3-5H,2H2,1H3. The number of hydrogen-bond acceptors (Lipinski definition) is 2. The molecule has 2 rings (SSSR count). The van der Waals surface area contributed by atoms with E-state index in [9.17, 15) is 4.79 Å². The first-order valence-electron chi connectivity index (χ1n) is 3.86. The molecule has 1 aromatic heterocycles. The van der Waals surface area contributed by atoms with Gasteiger partial charge in [0.15, 0.2) is 5.78 Å². The van der Waals surface area contributed by atoms with Crippen LogP contribution in [0, 0.1) is 5.92 Å². The van der Waals surface area contributed by atoms with Crippen molar-refractivity contribution in [1.82, 2.24) is 4.98 Å². The number of hydrogen-bond donors (Lipinski definition) is 0. The summed E-state index contributed by atoms with van der Waals surface area (Å²) in [5.74, 6) is 0.347. The van der Waals surface area contributed by atoms with Crippen molar-refractivity contribution in [3.8, 4) is 0 Å². The van der Waals surface area contributed by atoms with E-state index in [2.05, 4.69) is 20.9 Å². The van der Waals surface area contributed by atoms with E-state index in [4.69, 9.17) is 0 Å². The van der Waals surface area contributed by atoms with Crippen LogP contribution in [0.2, 0.25) is 0 Å². The Hall–Kier alpha value is -0.700. The van der Waals surface area contributed by atoms with E-state index < -0.39 is 0 Å². The SMILES string of the molecule is CC1Cc2c(Br)cncc2C1=O. The summed E-state index contributed by atoms with van der Waals surface area (Å²) in [6.45, 7) is 1.95. The lowest BCUT2D eigenvalue weighted by molar-refractivity contribution is 0.0946. The Morgan fingerprint density at radius 1 is 1.58 bits per heavy atom. The summed E-state index contributed by atoms with van der Waals surface area (Å²) >= 11 is 3.39. The molecule has 1 unspecified atom stereocenters. The van der Waals surface area contributed by atoms with Gasteiger partial charge in [0.05, 0.1) is 0 Å². The number of Topliss-reactive ketones (excluding diaryl/α,β-unsaturated/α-hetero) is 1. The minimum Gasteiger partial charge on any atom is -0.294 e. The van der Waals surface area contributed by atoms with E-state index in [-0.39, 0.29) is 11.7 Å². The lowest BCUT2D eigenvalue weighted by Gasteiger charge is -1.97. The van der Waals surface area contributed by atoms with Gasteiger partial charge in [-0.15, -0.1) is 0 Å². The van der Waals surface area contributed by atoms with Crippen LogP contribution in [-0.4, -0.2) is 10.8 Å². The van der Waals surface area contributed by atoms with Crippen molar-refractivity contribution in [2.24, 2.45) is 5.92 Å². The van der Waals surface area contributed by atoms with Crippen molar-refractivity contribution in [3.63, 3.8) is 0 Å². The topological polar surface area (TPSA) is 30.0 Å². The number of rotatable bonds is 0. The highest BCUT2D eigenvalue weighted by atomic mass is 79.9. The van der Waals surface area contributed by atoms with E-state index in [1.807, 2.05) is 6.92 Å². The number of nitrogens with zero attached hydrogens (tertiary/aromatic N) is 1. The van der Waals surface area contributed by atoms with Crippen molar-refractivity contribution < 1.29 is 4.79 Å². The van der Waals surface area contributed by atoms with E-state index in [1.54, 1.807) is 12.4 Å². The summed E-state index contributed by atoms with van der Waals surface area (Å²) in [5, 5.41) is 0. The molecule has 0 amide bonds. The largest absolute Gasteiger partial charge is 0.294 e. The number of halogens is 1. The van der Waals surface area contributed by atoms with Gasteiger partial charge < -0.3 is 0 Å². The number of carbonyl (C=O) groups excluding carboxylic acids is 1. The van der Waals surface area contributed by atoms with E-state index >= 15 is 0 Å². The highest BCUT2D eigenvalue weighted by Gasteiger charge is 2.28. The summed E-state index contributed by atoms with van der Waals surface area (Å²) in [6, 6.07) is 0. The maximum atomic E-state index is 11.5. The summed E-state index contributed by atoms with van der Waals surface area (Å²) in [4.78, 5) is 15.5. The van der Waals surface area contributed by atoms with Gasteiger partial charge in [-0.05, 0) is 27.9 Å². The van der Waals surface area contributed by atoms with Gasteiger partial charge >= 0.3 is 0 Å². The van der Waals surface area contributed by atoms with Gasteiger partial charge in [0.2, 0.25) is 0 Å². The molecule has 0 saturated heterocycles. The second-order valence-electron chi connectivity index (χ2n) is 3.12. The molecule has 12 heavy (non-hydrogen) atoms. The third kappa shape index (κ3) is 1.00. The predicted molar refractivity (Wildman–Crippen MR) is 49.1 cm³/mol. The van der Waals surface area contributed by atoms with Crippen LogP contribution in [0.15, 0.2) is 16.9 Å². The molecule has 1 atom stereocenters. The molecule has 2 nitrogen and oxygen atoms in total. The minimum atomic E-state index is 0.125. The van der Waals surface area contributed by atoms with E-state index in [0.717, 1.165) is 22.0 Å². The van der Waals surface area contributed by atoms with Gasteiger partial charge in [0.1, 0.15) is 0 Å². The Morgan fingerprint density at radius 3 is 3.00 bits per heavy atom. The molecule has 1 heterocycles. The van der Waals surface area contributed by atoms with Gasteiger partial charge in [-0.25, -0.2) is 0 Å². The van der Waals surface area contributed by atoms with Crippen LogP contribution in [0.4, 0.5) is 0 Å². The average Bonchev–Trinajstić information content (AvgIpc) is 2.32. The smallest absolute Gasteiger partial charge is 0.167 e. The van der Waals surface area contributed by atoms with Gasteiger partial charge in [-0.2, -0.15) is 0 Å². The Bertz CT molecular complexity index is 348. The van der Waals surface area contributed by atoms with Gasteiger partial charge in [-0.1, -0.05) is 6.92 Å². The maximum absolute atomic E-state index is 11.5. The van der Waals surface area contributed by atoms with Crippen molar-refractivity contribution in [3.05, 3.63) is 28.0 Å². The lowest BCUT2D eigenvalue weighted by Crippen LogP contribution is -2.02. The summed E-state index contributed by atoms with van der Waals surface area (Å²) < 4.78 is 0.956. The number of ketones is 1. The van der Waals surface area contributed by atoms with Crippen molar-refractivity contribution in [2.45, 2.75) is 13.3 Å². The van der Waals surface area contributed by atoms with Crippen LogP contribution in [-0.2, 0) is 6.42 Å². The molecule has 1 aliphatic rings. The second kappa shape index (κ2) is 2.66. The normalized spacial score (nSPS) is 21.2. The number of pyridine rings is 1. The summed E-state index contributed by atoms with van der Waals surface area (Å²) in [6.07, 6.45) is 4.24. The molecular formula is C9H8BrNO. The maximum Gasteiger partial charge on any atom is 0.167 e. The summed E-state index contributed by atoms with van der Waals surface area (Å²) in [5.41, 5.74) is 1.90. The predicted octanol–water partition coefficient (Wildman–Crippen LogP) is 2.22. The van der Waals surface area contributed by atoms with Crippen LogP contribution >= 0.6 is 15.9 Å². The molecule has 0 N–H and O–H groups in total. The Kier molecular flexibility index (Phi) is 1.76. The first-order chi connectivity index (χ1) is 5.70. The Labute approximate surface area is 79.1 Å². The number of aromatic nitrogens is 1. The fourth-order valence-electron chi connectivity index (χ4n) is 1.55. The molecule has 0 radical (unpaired) electrons. The third-order valence-electron chi connectivity index (χ3n) is 2.23. The zero-order chi connectivity index (χ0) is 8.72. The van der Waals surface area contributed by atoms with Gasteiger partial charge in [0, 0.05) is 28.3 Å². The molecule has 0 fully saturated rings. The number of carbonyl (C=O) groups is 1. The fourth-order valence-corrected chi connectivity index (χ4v) is 2.04. The van der Waals surface area contributed by atoms with Crippen LogP contribution in [0.1, 0.15) is 22.8 Å². The molecule has 0 aliphatic heterocycles. The monoisotopic (exact) mass is 225 g/mol. The zero-order valence-electron chi connectivity index (χ0n) is 6.67. The average molecular weight is 226 g/mol. The van der Waals surface area contributed by atoms with Crippen LogP contribution in [0.3, 0.4) is 0 Å². The van der Waals surface area contributed by atoms with E-state index in [1.165, 1.54) is 0 Å². The molecule has 1 aliphatic carbocycles.